The highest BCUT2D eigenvalue weighted by Gasteiger charge is 2.19. The van der Waals surface area contributed by atoms with Gasteiger partial charge in [0.15, 0.2) is 0 Å². The van der Waals surface area contributed by atoms with Crippen LogP contribution in [0.25, 0.3) is 0 Å². The molecule has 17 heavy (non-hydrogen) atoms. The van der Waals surface area contributed by atoms with E-state index in [0.29, 0.717) is 0 Å². The molecular weight excluding hydrogens is 244 g/mol. The Morgan fingerprint density at radius 1 is 1.35 bits per heavy atom. The zero-order valence-electron chi connectivity index (χ0n) is 9.78. The Morgan fingerprint density at radius 3 is 2.41 bits per heavy atom. The highest BCUT2D eigenvalue weighted by Crippen LogP contribution is 2.15. The Labute approximate surface area is 104 Å². The molecule has 0 aromatic carbocycles. The summed E-state index contributed by atoms with van der Waals surface area (Å²) in [5.41, 5.74) is 4.52. The maximum absolute atomic E-state index is 11.7. The quantitative estimate of drug-likeness (QED) is 0.646. The van der Waals surface area contributed by atoms with Crippen LogP contribution < -0.4 is 5.73 Å². The minimum Gasteiger partial charge on any atom is -0.456 e. The largest absolute Gasteiger partial charge is 0.456 e. The lowest BCUT2D eigenvalue weighted by Crippen LogP contribution is -2.24. The number of hydrogen-bond acceptors (Lipinski definition) is 4. The number of nitrogens with zero attached hydrogens (tertiary/aromatic N) is 1. The van der Waals surface area contributed by atoms with Crippen molar-refractivity contribution in [2.24, 2.45) is 5.73 Å². The molecule has 0 atom stereocenters. The zero-order chi connectivity index (χ0) is 13.2. The number of aromatic nitrogens is 1. The molecule has 1 aromatic rings. The van der Waals surface area contributed by atoms with Gasteiger partial charge in [0.25, 0.3) is 5.91 Å². The molecule has 0 bridgehead atoms. The fourth-order valence-corrected chi connectivity index (χ4v) is 1.29. The summed E-state index contributed by atoms with van der Waals surface area (Å²) in [5, 5.41) is 0.0159. The minimum absolute atomic E-state index is 0.0159. The predicted molar refractivity (Wildman–Crippen MR) is 62.9 cm³/mol. The summed E-state index contributed by atoms with van der Waals surface area (Å²) in [4.78, 5) is 26.4. The van der Waals surface area contributed by atoms with E-state index in [4.69, 9.17) is 22.1 Å². The molecule has 5 nitrogen and oxygen atoms in total. The fraction of sp³-hybridized carbons (Fsp3) is 0.364. The van der Waals surface area contributed by atoms with Crippen LogP contribution in [0.2, 0.25) is 5.15 Å². The van der Waals surface area contributed by atoms with Crippen molar-refractivity contribution < 1.29 is 14.3 Å². The molecule has 0 radical (unpaired) electrons. The number of pyridine rings is 1. The number of amides is 1. The summed E-state index contributed by atoms with van der Waals surface area (Å²) in [6, 6.07) is 2.57. The van der Waals surface area contributed by atoms with Gasteiger partial charge in [-0.3, -0.25) is 4.79 Å². The van der Waals surface area contributed by atoms with Crippen molar-refractivity contribution in [2.75, 3.05) is 0 Å². The summed E-state index contributed by atoms with van der Waals surface area (Å²) in [6.45, 7) is 5.22. The topological polar surface area (TPSA) is 82.3 Å². The third-order valence-electron chi connectivity index (χ3n) is 1.68. The summed E-state index contributed by atoms with van der Waals surface area (Å²) in [5.74, 6) is -1.33. The van der Waals surface area contributed by atoms with Gasteiger partial charge in [-0.15, -0.1) is 0 Å². The first-order valence-electron chi connectivity index (χ1n) is 4.90. The van der Waals surface area contributed by atoms with E-state index in [-0.39, 0.29) is 16.4 Å². The van der Waals surface area contributed by atoms with Gasteiger partial charge in [0.1, 0.15) is 16.4 Å². The van der Waals surface area contributed by atoms with E-state index >= 15 is 0 Å². The molecule has 92 valence electrons. The highest BCUT2D eigenvalue weighted by molar-refractivity contribution is 6.30. The normalized spacial score (nSPS) is 11.1. The number of hydrogen-bond donors (Lipinski definition) is 1. The highest BCUT2D eigenvalue weighted by atomic mass is 35.5. The lowest BCUT2D eigenvalue weighted by Gasteiger charge is -2.19. The molecule has 1 rings (SSSR count). The first-order valence-corrected chi connectivity index (χ1v) is 5.27. The molecule has 0 saturated carbocycles. The number of rotatable bonds is 2. The van der Waals surface area contributed by atoms with Gasteiger partial charge in [-0.2, -0.15) is 0 Å². The van der Waals surface area contributed by atoms with Crippen molar-refractivity contribution in [1.29, 1.82) is 0 Å². The van der Waals surface area contributed by atoms with E-state index in [1.165, 1.54) is 12.1 Å². The first kappa shape index (κ1) is 13.4. The zero-order valence-corrected chi connectivity index (χ0v) is 10.5. The van der Waals surface area contributed by atoms with Crippen LogP contribution in [0.15, 0.2) is 12.1 Å². The maximum Gasteiger partial charge on any atom is 0.338 e. The monoisotopic (exact) mass is 256 g/mol. The molecule has 2 N–H and O–H groups in total. The molecule has 0 aliphatic rings. The SMILES string of the molecule is CC(C)(C)OC(=O)c1cc(Cl)nc(C(N)=O)c1. The number of carbonyl (C=O) groups is 2. The third kappa shape index (κ3) is 4.03. The number of halogens is 1. The van der Waals surface area contributed by atoms with Gasteiger partial charge in [-0.25, -0.2) is 9.78 Å². The van der Waals surface area contributed by atoms with E-state index < -0.39 is 17.5 Å². The lowest BCUT2D eigenvalue weighted by molar-refractivity contribution is 0.00694. The summed E-state index contributed by atoms with van der Waals surface area (Å²) < 4.78 is 5.14. The van der Waals surface area contributed by atoms with Crippen molar-refractivity contribution in [1.82, 2.24) is 4.98 Å². The van der Waals surface area contributed by atoms with Crippen molar-refractivity contribution in [3.63, 3.8) is 0 Å². The van der Waals surface area contributed by atoms with E-state index in [9.17, 15) is 9.59 Å². The second-order valence-electron chi connectivity index (χ2n) is 4.43. The molecule has 1 amide bonds. The van der Waals surface area contributed by atoms with Gasteiger partial charge in [-0.05, 0) is 32.9 Å². The molecule has 0 aliphatic heterocycles. The van der Waals surface area contributed by atoms with Gasteiger partial charge in [0.05, 0.1) is 5.56 Å². The smallest absolute Gasteiger partial charge is 0.338 e. The second kappa shape index (κ2) is 4.71. The van der Waals surface area contributed by atoms with Crippen LogP contribution >= 0.6 is 11.6 Å². The minimum atomic E-state index is -0.752. The Bertz CT molecular complexity index is 466. The number of esters is 1. The summed E-state index contributed by atoms with van der Waals surface area (Å²) >= 11 is 5.68. The lowest BCUT2D eigenvalue weighted by atomic mass is 10.1. The molecule has 0 aliphatic carbocycles. The Hall–Kier alpha value is -1.62. The number of primary amides is 1. The second-order valence-corrected chi connectivity index (χ2v) is 4.82. The predicted octanol–water partition coefficient (Wildman–Crippen LogP) is 1.79. The van der Waals surface area contributed by atoms with E-state index in [0.717, 1.165) is 0 Å². The van der Waals surface area contributed by atoms with Gasteiger partial charge in [0.2, 0.25) is 0 Å². The van der Waals surface area contributed by atoms with Crippen LogP contribution in [-0.4, -0.2) is 22.5 Å². The van der Waals surface area contributed by atoms with Gasteiger partial charge in [-0.1, -0.05) is 11.6 Å². The average Bonchev–Trinajstić information content (AvgIpc) is 2.13. The molecule has 0 fully saturated rings. The van der Waals surface area contributed by atoms with Crippen LogP contribution in [-0.2, 0) is 4.74 Å². The van der Waals surface area contributed by atoms with Crippen LogP contribution in [0.5, 0.6) is 0 Å². The number of carbonyl (C=O) groups excluding carboxylic acids is 2. The van der Waals surface area contributed by atoms with Crippen molar-refractivity contribution in [3.8, 4) is 0 Å². The molecule has 0 unspecified atom stereocenters. The molecule has 0 saturated heterocycles. The van der Waals surface area contributed by atoms with Gasteiger partial charge >= 0.3 is 5.97 Å². The van der Waals surface area contributed by atoms with Gasteiger partial charge in [0, 0.05) is 0 Å². The summed E-state index contributed by atoms with van der Waals surface area (Å²) in [6.07, 6.45) is 0. The molecule has 6 heteroatoms. The Balaban J connectivity index is 3.06. The van der Waals surface area contributed by atoms with Crippen molar-refractivity contribution in [3.05, 3.63) is 28.5 Å². The Morgan fingerprint density at radius 2 is 1.94 bits per heavy atom. The van der Waals surface area contributed by atoms with E-state index in [1.807, 2.05) is 0 Å². The standard InChI is InChI=1S/C11H13ClN2O3/c1-11(2,3)17-10(16)6-4-7(9(13)15)14-8(12)5-6/h4-5H,1-3H3,(H2,13,15). The first-order chi connectivity index (χ1) is 7.69. The van der Waals surface area contributed by atoms with Crippen LogP contribution in [0.4, 0.5) is 0 Å². The van der Waals surface area contributed by atoms with Crippen LogP contribution in [0.1, 0.15) is 41.6 Å². The van der Waals surface area contributed by atoms with Gasteiger partial charge < -0.3 is 10.5 Å². The van der Waals surface area contributed by atoms with Crippen molar-refractivity contribution >= 4 is 23.5 Å². The fourth-order valence-electron chi connectivity index (χ4n) is 1.08. The third-order valence-corrected chi connectivity index (χ3v) is 1.87. The number of ether oxygens (including phenoxy) is 1. The summed E-state index contributed by atoms with van der Waals surface area (Å²) in [7, 11) is 0. The molecular formula is C11H13ClN2O3. The van der Waals surface area contributed by atoms with Crippen molar-refractivity contribution in [2.45, 2.75) is 26.4 Å². The Kier molecular flexibility index (Phi) is 3.72. The molecule has 1 heterocycles. The number of nitrogens with two attached hydrogens (primary N) is 1. The molecule has 0 spiro atoms. The van der Waals surface area contributed by atoms with Crippen LogP contribution in [0.3, 0.4) is 0 Å². The van der Waals surface area contributed by atoms with E-state index in [2.05, 4.69) is 4.98 Å². The van der Waals surface area contributed by atoms with Crippen LogP contribution in [0, 0.1) is 0 Å². The molecule has 1 aromatic heterocycles. The van der Waals surface area contributed by atoms with E-state index in [1.54, 1.807) is 20.8 Å². The average molecular weight is 257 g/mol. The maximum atomic E-state index is 11.7.